The molecule has 0 nitrogen and oxygen atoms in total. The number of hydrogen-bond acceptors (Lipinski definition) is 0. The average molecular weight is 187 g/mol. The summed E-state index contributed by atoms with van der Waals surface area (Å²) in [7, 11) is 0. The van der Waals surface area contributed by atoms with Gasteiger partial charge in [-0.1, -0.05) is 23.9 Å². The van der Waals surface area contributed by atoms with Gasteiger partial charge in [-0.25, -0.2) is 0 Å². The molecule has 11 heavy (non-hydrogen) atoms. The smallest absolute Gasteiger partial charge is 0.196 e. The molecule has 0 aliphatic heterocycles. The molecule has 0 fully saturated rings. The number of allylic oxidation sites excluding steroid dienone is 3. The van der Waals surface area contributed by atoms with Gasteiger partial charge >= 0.3 is 6.18 Å². The maximum atomic E-state index is 12.1. The minimum absolute atomic E-state index is 0.373. The molecule has 0 amide bonds. The van der Waals surface area contributed by atoms with Gasteiger partial charge in [0.25, 0.3) is 0 Å². The van der Waals surface area contributed by atoms with Crippen molar-refractivity contribution < 1.29 is 17.6 Å². The molecule has 62 valence electrons. The van der Waals surface area contributed by atoms with Gasteiger partial charge in [0.15, 0.2) is 5.83 Å². The molecule has 0 atom stereocenters. The Bertz CT molecular complexity index is 219. The quantitative estimate of drug-likeness (QED) is 0.335. The Morgan fingerprint density at radius 2 is 1.91 bits per heavy atom. The highest BCUT2D eigenvalue weighted by Gasteiger charge is 2.25. The van der Waals surface area contributed by atoms with Crippen molar-refractivity contribution in [2.75, 3.05) is 0 Å². The number of rotatable bonds is 1. The van der Waals surface area contributed by atoms with Crippen molar-refractivity contribution in [1.29, 1.82) is 0 Å². The molecule has 0 saturated carbocycles. The van der Waals surface area contributed by atoms with Crippen molar-refractivity contribution in [2.45, 2.75) is 6.18 Å². The summed E-state index contributed by atoms with van der Waals surface area (Å²) in [5, 5.41) is -1.05. The third-order valence-electron chi connectivity index (χ3n) is 0.655. The molecule has 0 spiro atoms. The van der Waals surface area contributed by atoms with Gasteiger partial charge in [0, 0.05) is 6.08 Å². The van der Waals surface area contributed by atoms with Crippen LogP contribution >= 0.6 is 11.6 Å². The van der Waals surface area contributed by atoms with Crippen LogP contribution in [0.2, 0.25) is 0 Å². The monoisotopic (exact) mass is 186 g/mol. The lowest BCUT2D eigenvalue weighted by Gasteiger charge is -1.98. The Morgan fingerprint density at radius 1 is 1.45 bits per heavy atom. The molecule has 0 aromatic rings. The summed E-state index contributed by atoms with van der Waals surface area (Å²) in [6, 6.07) is 0. The lowest BCUT2D eigenvalue weighted by molar-refractivity contribution is -0.0801. The molecule has 0 heterocycles. The summed E-state index contributed by atoms with van der Waals surface area (Å²) >= 11 is 4.84. The molecule has 0 aromatic heterocycles. The molecule has 0 unspecified atom stereocenters. The lowest BCUT2D eigenvalue weighted by atomic mass is 10.4. The van der Waals surface area contributed by atoms with Crippen LogP contribution in [0.15, 0.2) is 29.2 Å². The van der Waals surface area contributed by atoms with E-state index in [1.165, 1.54) is 0 Å². The van der Waals surface area contributed by atoms with E-state index in [9.17, 15) is 17.6 Å². The fourth-order valence-corrected chi connectivity index (χ4v) is 0.482. The largest absolute Gasteiger partial charge is 0.411 e. The van der Waals surface area contributed by atoms with Crippen LogP contribution in [0.5, 0.6) is 0 Å². The molecule has 0 saturated heterocycles. The maximum absolute atomic E-state index is 12.1. The van der Waals surface area contributed by atoms with Gasteiger partial charge in [-0.2, -0.15) is 17.6 Å². The van der Waals surface area contributed by atoms with Crippen LogP contribution in [0.25, 0.3) is 0 Å². The summed E-state index contributed by atoms with van der Waals surface area (Å²) in [6.07, 6.45) is -4.99. The van der Waals surface area contributed by atoms with Crippen LogP contribution in [0.1, 0.15) is 0 Å². The molecule has 0 aliphatic carbocycles. The van der Waals surface area contributed by atoms with Crippen molar-refractivity contribution in [3.8, 4) is 0 Å². The molecule has 0 bridgehead atoms. The van der Waals surface area contributed by atoms with Crippen LogP contribution in [0, 0.1) is 0 Å². The second-order valence-electron chi connectivity index (χ2n) is 1.52. The molecule has 0 rings (SSSR count). The zero-order valence-electron chi connectivity index (χ0n) is 5.17. The van der Waals surface area contributed by atoms with Crippen LogP contribution in [-0.4, -0.2) is 6.18 Å². The number of hydrogen-bond donors (Lipinski definition) is 0. The van der Waals surface area contributed by atoms with Gasteiger partial charge in [-0.3, -0.25) is 0 Å². The van der Waals surface area contributed by atoms with Crippen molar-refractivity contribution in [1.82, 2.24) is 0 Å². The summed E-state index contributed by atoms with van der Waals surface area (Å²) in [5.41, 5.74) is 1.59. The van der Waals surface area contributed by atoms with Gasteiger partial charge < -0.3 is 0 Å². The Hall–Kier alpha value is -0.730. The molecular weight excluding hydrogens is 184 g/mol. The summed E-state index contributed by atoms with van der Waals surface area (Å²) < 4.78 is 46.3. The van der Waals surface area contributed by atoms with E-state index in [0.717, 1.165) is 0 Å². The van der Waals surface area contributed by atoms with Gasteiger partial charge in [0.05, 0.1) is 5.03 Å². The van der Waals surface area contributed by atoms with Crippen LogP contribution < -0.4 is 0 Å². The van der Waals surface area contributed by atoms with Crippen LogP contribution in [-0.2, 0) is 0 Å². The van der Waals surface area contributed by atoms with Crippen molar-refractivity contribution in [2.24, 2.45) is 0 Å². The van der Waals surface area contributed by atoms with Gasteiger partial charge in [-0.15, -0.1) is 0 Å². The van der Waals surface area contributed by atoms with E-state index in [0.29, 0.717) is 0 Å². The predicted octanol–water partition coefficient (Wildman–Crippen LogP) is 3.31. The lowest BCUT2D eigenvalue weighted by Crippen LogP contribution is -2.01. The Balaban J connectivity index is 4.61. The highest BCUT2D eigenvalue weighted by molar-refractivity contribution is 6.31. The van der Waals surface area contributed by atoms with E-state index in [1.807, 2.05) is 0 Å². The first-order valence-corrected chi connectivity index (χ1v) is 2.75. The van der Waals surface area contributed by atoms with E-state index in [-0.39, 0.29) is 6.08 Å². The van der Waals surface area contributed by atoms with Crippen LogP contribution in [0.4, 0.5) is 17.6 Å². The highest BCUT2D eigenvalue weighted by Crippen LogP contribution is 2.24. The zero-order valence-corrected chi connectivity index (χ0v) is 5.93. The SMILES string of the molecule is C=C=C(F)C(Cl)=CC(F)(F)F. The van der Waals surface area contributed by atoms with Crippen molar-refractivity contribution in [3.63, 3.8) is 0 Å². The average Bonchev–Trinajstić information content (AvgIpc) is 1.82. The highest BCUT2D eigenvalue weighted by atomic mass is 35.5. The number of alkyl halides is 3. The third kappa shape index (κ3) is 4.65. The van der Waals surface area contributed by atoms with E-state index >= 15 is 0 Å². The first-order chi connectivity index (χ1) is 4.87. The van der Waals surface area contributed by atoms with Gasteiger partial charge in [0.1, 0.15) is 0 Å². The number of halogens is 5. The summed E-state index contributed by atoms with van der Waals surface area (Å²) in [5.74, 6) is -1.32. The molecule has 5 heteroatoms. The maximum Gasteiger partial charge on any atom is 0.411 e. The predicted molar refractivity (Wildman–Crippen MR) is 33.8 cm³/mol. The molecule has 0 aromatic carbocycles. The standard InChI is InChI=1S/C6H3ClF4/c1-2-5(8)4(7)3-6(9,10)11/h3H,1H2. The van der Waals surface area contributed by atoms with E-state index < -0.39 is 17.0 Å². The van der Waals surface area contributed by atoms with E-state index in [4.69, 9.17) is 11.6 Å². The summed E-state index contributed by atoms with van der Waals surface area (Å²) in [4.78, 5) is 0. The van der Waals surface area contributed by atoms with Crippen molar-refractivity contribution in [3.05, 3.63) is 29.2 Å². The van der Waals surface area contributed by atoms with E-state index in [1.54, 1.807) is 5.73 Å². The normalized spacial score (nSPS) is 12.6. The second kappa shape index (κ2) is 3.60. The van der Waals surface area contributed by atoms with Crippen LogP contribution in [0.3, 0.4) is 0 Å². The Morgan fingerprint density at radius 3 is 2.18 bits per heavy atom. The molecule has 0 N–H and O–H groups in total. The first kappa shape index (κ1) is 10.3. The molecule has 0 radical (unpaired) electrons. The topological polar surface area (TPSA) is 0 Å². The molecular formula is C6H3ClF4. The fraction of sp³-hybridized carbons (Fsp3) is 0.167. The minimum atomic E-state index is -4.62. The van der Waals surface area contributed by atoms with Gasteiger partial charge in [-0.05, 0) is 0 Å². The zero-order chi connectivity index (χ0) is 9.07. The minimum Gasteiger partial charge on any atom is -0.196 e. The first-order valence-electron chi connectivity index (χ1n) is 2.38. The fourth-order valence-electron chi connectivity index (χ4n) is 0.291. The Kier molecular flexibility index (Phi) is 3.36. The second-order valence-corrected chi connectivity index (χ2v) is 1.93. The Labute approximate surface area is 65.5 Å². The van der Waals surface area contributed by atoms with E-state index in [2.05, 4.69) is 6.58 Å². The van der Waals surface area contributed by atoms with Gasteiger partial charge in [0.2, 0.25) is 0 Å². The molecule has 0 aliphatic rings. The third-order valence-corrected chi connectivity index (χ3v) is 0.930. The van der Waals surface area contributed by atoms with Crippen molar-refractivity contribution >= 4 is 11.6 Å². The summed E-state index contributed by atoms with van der Waals surface area (Å²) in [6.45, 7) is 2.78.